The molecule has 2 aliphatic rings. The first-order chi connectivity index (χ1) is 20.5. The van der Waals surface area contributed by atoms with E-state index in [1.807, 2.05) is 12.1 Å². The first-order valence-electron chi connectivity index (χ1n) is 14.8. The number of halogens is 1. The molecule has 0 saturated carbocycles. The van der Waals surface area contributed by atoms with Gasteiger partial charge in [-0.3, -0.25) is 0 Å². The zero-order chi connectivity index (χ0) is 28.4. The molecule has 0 unspecified atom stereocenters. The van der Waals surface area contributed by atoms with Gasteiger partial charge in [0.15, 0.2) is 0 Å². The molecule has 1 atom stereocenters. The summed E-state index contributed by atoms with van der Waals surface area (Å²) < 4.78 is 14.0. The summed E-state index contributed by atoms with van der Waals surface area (Å²) in [4.78, 5) is 0. The van der Waals surface area contributed by atoms with E-state index in [1.54, 1.807) is 12.1 Å². The van der Waals surface area contributed by atoms with E-state index in [-0.39, 0.29) is 11.2 Å². The Morgan fingerprint density at radius 3 is 2.02 bits per heavy atom. The summed E-state index contributed by atoms with van der Waals surface area (Å²) in [7, 11) is 0. The summed E-state index contributed by atoms with van der Waals surface area (Å²) in [5.74, 6) is 0.130. The maximum atomic E-state index is 14.0. The maximum Gasteiger partial charge on any atom is 0.123 e. The van der Waals surface area contributed by atoms with Crippen LogP contribution in [-0.4, -0.2) is 0 Å². The Bertz CT molecular complexity index is 2090. The van der Waals surface area contributed by atoms with E-state index in [2.05, 4.69) is 123 Å². The van der Waals surface area contributed by atoms with Crippen LogP contribution < -0.4 is 0 Å². The zero-order valence-corrected chi connectivity index (χ0v) is 23.9. The van der Waals surface area contributed by atoms with Crippen LogP contribution in [0.3, 0.4) is 0 Å². The van der Waals surface area contributed by atoms with Crippen molar-refractivity contribution in [3.63, 3.8) is 0 Å². The molecule has 0 aromatic heterocycles. The number of rotatable bonds is 3. The number of hydrogen-bond donors (Lipinski definition) is 0. The summed E-state index contributed by atoms with van der Waals surface area (Å²) in [5.41, 5.74) is 11.4. The predicted octanol–water partition coefficient (Wildman–Crippen LogP) is 11.4. The van der Waals surface area contributed by atoms with Gasteiger partial charge in [0.05, 0.1) is 0 Å². The minimum absolute atomic E-state index is 0.0327. The Morgan fingerprint density at radius 1 is 0.595 bits per heavy atom. The van der Waals surface area contributed by atoms with Crippen LogP contribution in [-0.2, 0) is 5.41 Å². The molecule has 8 rings (SSSR count). The second-order valence-electron chi connectivity index (χ2n) is 12.2. The molecule has 0 amide bonds. The highest BCUT2D eigenvalue weighted by Gasteiger charge is 2.35. The molecule has 1 heteroatoms. The molecule has 2 aliphatic carbocycles. The lowest BCUT2D eigenvalue weighted by Gasteiger charge is -2.22. The molecule has 0 heterocycles. The van der Waals surface area contributed by atoms with Crippen molar-refractivity contribution in [3.8, 4) is 33.4 Å². The van der Waals surface area contributed by atoms with Crippen molar-refractivity contribution >= 4 is 21.5 Å². The van der Waals surface area contributed by atoms with E-state index in [4.69, 9.17) is 0 Å². The molecule has 0 radical (unpaired) electrons. The number of fused-ring (bicyclic) bond motifs is 5. The van der Waals surface area contributed by atoms with E-state index in [9.17, 15) is 4.39 Å². The Kier molecular flexibility index (Phi) is 5.59. The summed E-state index contributed by atoms with van der Waals surface area (Å²) >= 11 is 0. The molecular weight excluding hydrogens is 511 g/mol. The smallest absolute Gasteiger partial charge is 0.123 e. The van der Waals surface area contributed by atoms with Crippen LogP contribution in [0.15, 0.2) is 133 Å². The minimum Gasteiger partial charge on any atom is -0.207 e. The summed E-state index contributed by atoms with van der Waals surface area (Å²) in [5, 5.41) is 4.82. The SMILES string of the molecule is CC1(C)c2ccccc2-c2cc(-c3c4ccccc4c(-c4ccc(F)cc4)c4ccc([C@H]5C=CC=CC5)cc34)ccc21. The standard InChI is InChI=1S/C41H31F/c1-41(2)37-15-9-8-12-31(37)35-25-29(19-23-38(35)41)40-33-14-7-6-13-32(33)39(27-16-20-30(42)21-17-27)34-22-18-28(24-36(34)40)26-10-4-3-5-11-26/h3-10,12-26H,11H2,1-2H3/t26-/m0/s1. The normalized spacial score (nSPS) is 16.6. The largest absolute Gasteiger partial charge is 0.207 e. The van der Waals surface area contributed by atoms with Crippen LogP contribution in [0.1, 0.15) is 42.9 Å². The number of allylic oxidation sites excluding steroid dienone is 4. The van der Waals surface area contributed by atoms with Gasteiger partial charge in [-0.2, -0.15) is 0 Å². The van der Waals surface area contributed by atoms with Gasteiger partial charge in [0.25, 0.3) is 0 Å². The first kappa shape index (κ1) is 25.0. The molecule has 6 aromatic carbocycles. The number of benzene rings is 6. The van der Waals surface area contributed by atoms with E-state index in [0.717, 1.165) is 17.5 Å². The van der Waals surface area contributed by atoms with E-state index >= 15 is 0 Å². The van der Waals surface area contributed by atoms with Crippen molar-refractivity contribution in [3.05, 3.63) is 156 Å². The third kappa shape index (κ3) is 3.73. The topological polar surface area (TPSA) is 0 Å². The molecule has 202 valence electrons. The lowest BCUT2D eigenvalue weighted by Crippen LogP contribution is -2.14. The van der Waals surface area contributed by atoms with Gasteiger partial charge in [-0.05, 0) is 102 Å². The fourth-order valence-corrected chi connectivity index (χ4v) is 7.37. The van der Waals surface area contributed by atoms with Gasteiger partial charge < -0.3 is 0 Å². The van der Waals surface area contributed by atoms with Crippen LogP contribution in [0.25, 0.3) is 54.9 Å². The fraction of sp³-hybridized carbons (Fsp3) is 0.122. The van der Waals surface area contributed by atoms with Gasteiger partial charge in [-0.15, -0.1) is 0 Å². The molecule has 0 N–H and O–H groups in total. The highest BCUT2D eigenvalue weighted by Crippen LogP contribution is 2.51. The van der Waals surface area contributed by atoms with Crippen molar-refractivity contribution in [2.45, 2.75) is 31.6 Å². The Morgan fingerprint density at radius 2 is 1.26 bits per heavy atom. The molecular formula is C41H31F. The van der Waals surface area contributed by atoms with Crippen LogP contribution in [0, 0.1) is 5.82 Å². The van der Waals surface area contributed by atoms with Gasteiger partial charge in [0.2, 0.25) is 0 Å². The van der Waals surface area contributed by atoms with Gasteiger partial charge in [-0.1, -0.05) is 123 Å². The Balaban J connectivity index is 1.46. The maximum absolute atomic E-state index is 14.0. The minimum atomic E-state index is -0.218. The van der Waals surface area contributed by atoms with E-state index in [1.165, 1.54) is 60.5 Å². The summed E-state index contributed by atoms with van der Waals surface area (Å²) in [6.07, 6.45) is 9.84. The van der Waals surface area contributed by atoms with Crippen molar-refractivity contribution in [1.82, 2.24) is 0 Å². The average Bonchev–Trinajstić information content (AvgIpc) is 3.26. The van der Waals surface area contributed by atoms with Crippen molar-refractivity contribution in [2.24, 2.45) is 0 Å². The van der Waals surface area contributed by atoms with Gasteiger partial charge in [-0.25, -0.2) is 4.39 Å². The molecule has 0 bridgehead atoms. The van der Waals surface area contributed by atoms with E-state index < -0.39 is 0 Å². The first-order valence-corrected chi connectivity index (χ1v) is 14.8. The van der Waals surface area contributed by atoms with E-state index in [0.29, 0.717) is 5.92 Å². The lowest BCUT2D eigenvalue weighted by molar-refractivity contribution is 0.628. The molecule has 42 heavy (non-hydrogen) atoms. The highest BCUT2D eigenvalue weighted by atomic mass is 19.1. The molecule has 0 fully saturated rings. The van der Waals surface area contributed by atoms with Gasteiger partial charge >= 0.3 is 0 Å². The number of hydrogen-bond acceptors (Lipinski definition) is 0. The summed E-state index contributed by atoms with van der Waals surface area (Å²) in [6, 6.07) is 38.6. The van der Waals surface area contributed by atoms with Crippen LogP contribution in [0.5, 0.6) is 0 Å². The Labute approximate surface area is 246 Å². The average molecular weight is 543 g/mol. The third-order valence-electron chi connectivity index (χ3n) is 9.46. The molecule has 0 nitrogen and oxygen atoms in total. The monoisotopic (exact) mass is 542 g/mol. The molecule has 0 aliphatic heterocycles. The van der Waals surface area contributed by atoms with Crippen LogP contribution in [0.4, 0.5) is 4.39 Å². The quantitative estimate of drug-likeness (QED) is 0.195. The second kappa shape index (κ2) is 9.39. The van der Waals surface area contributed by atoms with Crippen molar-refractivity contribution in [1.29, 1.82) is 0 Å². The second-order valence-corrected chi connectivity index (χ2v) is 12.2. The summed E-state index contributed by atoms with van der Waals surface area (Å²) in [6.45, 7) is 4.66. The third-order valence-corrected chi connectivity index (χ3v) is 9.46. The Hall–Kier alpha value is -4.75. The molecule has 0 saturated heterocycles. The highest BCUT2D eigenvalue weighted by molar-refractivity contribution is 6.21. The molecule has 6 aromatic rings. The fourth-order valence-electron chi connectivity index (χ4n) is 7.37. The van der Waals surface area contributed by atoms with Crippen molar-refractivity contribution in [2.75, 3.05) is 0 Å². The van der Waals surface area contributed by atoms with Crippen LogP contribution in [0.2, 0.25) is 0 Å². The molecule has 0 spiro atoms. The predicted molar refractivity (Wildman–Crippen MR) is 175 cm³/mol. The van der Waals surface area contributed by atoms with Gasteiger partial charge in [0, 0.05) is 11.3 Å². The lowest BCUT2D eigenvalue weighted by atomic mass is 9.81. The van der Waals surface area contributed by atoms with Crippen molar-refractivity contribution < 1.29 is 4.39 Å². The van der Waals surface area contributed by atoms with Crippen LogP contribution >= 0.6 is 0 Å². The van der Waals surface area contributed by atoms with Gasteiger partial charge in [0.1, 0.15) is 5.82 Å². The zero-order valence-electron chi connectivity index (χ0n) is 23.9.